The quantitative estimate of drug-likeness (QED) is 0.627. The van der Waals surface area contributed by atoms with Crippen molar-refractivity contribution in [3.8, 4) is 0 Å². The van der Waals surface area contributed by atoms with E-state index < -0.39 is 6.09 Å². The highest BCUT2D eigenvalue weighted by atomic mass is 16.4. The van der Waals surface area contributed by atoms with E-state index in [0.29, 0.717) is 17.8 Å². The van der Waals surface area contributed by atoms with Crippen LogP contribution in [-0.4, -0.2) is 17.1 Å². The summed E-state index contributed by atoms with van der Waals surface area (Å²) in [6.07, 6.45) is -0.829. The fraction of sp³-hybridized carbons (Fsp3) is 0.111. The first-order valence-corrected chi connectivity index (χ1v) is 4.08. The molecule has 3 N–H and O–H groups in total. The van der Waals surface area contributed by atoms with E-state index in [4.69, 9.17) is 5.11 Å². The van der Waals surface area contributed by atoms with Crippen molar-refractivity contribution in [1.82, 2.24) is 0 Å². The smallest absolute Gasteiger partial charge is 0.409 e. The number of nitrogens with one attached hydrogen (secondary N) is 2. The highest BCUT2D eigenvalue weighted by Gasteiger charge is 2.20. The molecule has 0 saturated heterocycles. The van der Waals surface area contributed by atoms with Crippen LogP contribution in [0.4, 0.5) is 16.2 Å². The van der Waals surface area contributed by atoms with E-state index in [2.05, 4.69) is 10.6 Å². The second-order valence-electron chi connectivity index (χ2n) is 2.99. The Morgan fingerprint density at radius 1 is 1.50 bits per heavy atom. The highest BCUT2D eigenvalue weighted by molar-refractivity contribution is 6.04. The second-order valence-corrected chi connectivity index (χ2v) is 2.99. The normalized spacial score (nSPS) is 13.3. The number of hydrogen-bond acceptors (Lipinski definition) is 2. The van der Waals surface area contributed by atoms with E-state index in [1.54, 1.807) is 18.2 Å². The number of carbonyl (C=O) groups excluding carboxylic acids is 1. The molecule has 2 amide bonds. The minimum Gasteiger partial charge on any atom is -0.465 e. The molecule has 1 aliphatic heterocycles. The lowest BCUT2D eigenvalue weighted by molar-refractivity contribution is -0.115. The molecule has 0 aliphatic carbocycles. The van der Waals surface area contributed by atoms with Crippen LogP contribution in [0.3, 0.4) is 0 Å². The Hall–Kier alpha value is -2.04. The average molecular weight is 192 g/mol. The zero-order chi connectivity index (χ0) is 10.1. The standard InChI is InChI=1S/C9H8N2O3/c12-7-4-5-2-1-3-6(8(5)11-7)10-9(13)14/h1-3,10H,4H2,(H,11,12)(H,13,14). The number of fused-ring (bicyclic) bond motifs is 1. The van der Waals surface area contributed by atoms with Gasteiger partial charge >= 0.3 is 6.09 Å². The third-order valence-corrected chi connectivity index (χ3v) is 2.01. The molecular formula is C9H8N2O3. The van der Waals surface area contributed by atoms with E-state index in [-0.39, 0.29) is 5.91 Å². The molecule has 0 radical (unpaired) electrons. The molecule has 1 aromatic rings. The molecule has 0 fully saturated rings. The summed E-state index contributed by atoms with van der Waals surface area (Å²) in [5.74, 6) is -0.111. The van der Waals surface area contributed by atoms with Crippen LogP contribution in [-0.2, 0) is 11.2 Å². The number of benzene rings is 1. The lowest BCUT2D eigenvalue weighted by Crippen LogP contribution is -2.10. The molecule has 0 unspecified atom stereocenters. The molecule has 0 aromatic heterocycles. The molecule has 1 aromatic carbocycles. The zero-order valence-electron chi connectivity index (χ0n) is 7.20. The van der Waals surface area contributed by atoms with Gasteiger partial charge in [0.15, 0.2) is 0 Å². The Labute approximate surface area is 79.7 Å². The molecule has 0 spiro atoms. The number of amides is 2. The topological polar surface area (TPSA) is 78.4 Å². The fourth-order valence-corrected chi connectivity index (χ4v) is 1.47. The SMILES string of the molecule is O=C(O)Nc1cccc2c1NC(=O)C2. The van der Waals surface area contributed by atoms with Crippen LogP contribution in [0.15, 0.2) is 18.2 Å². The summed E-state index contributed by atoms with van der Waals surface area (Å²) in [6.45, 7) is 0. The Morgan fingerprint density at radius 2 is 2.29 bits per heavy atom. The van der Waals surface area contributed by atoms with Gasteiger partial charge in [-0.3, -0.25) is 10.1 Å². The number of rotatable bonds is 1. The minimum absolute atomic E-state index is 0.111. The molecule has 2 rings (SSSR count). The van der Waals surface area contributed by atoms with Crippen LogP contribution in [0, 0.1) is 0 Å². The number of carbonyl (C=O) groups is 2. The first kappa shape index (κ1) is 8.55. The van der Waals surface area contributed by atoms with Gasteiger partial charge in [0.25, 0.3) is 0 Å². The highest BCUT2D eigenvalue weighted by Crippen LogP contribution is 2.30. The van der Waals surface area contributed by atoms with Crippen LogP contribution in [0.25, 0.3) is 0 Å². The van der Waals surface area contributed by atoms with Crippen molar-refractivity contribution in [2.75, 3.05) is 10.6 Å². The maximum absolute atomic E-state index is 11.1. The van der Waals surface area contributed by atoms with Gasteiger partial charge in [0.05, 0.1) is 17.8 Å². The van der Waals surface area contributed by atoms with Gasteiger partial charge in [-0.2, -0.15) is 0 Å². The van der Waals surface area contributed by atoms with Crippen molar-refractivity contribution < 1.29 is 14.7 Å². The first-order chi connectivity index (χ1) is 6.66. The van der Waals surface area contributed by atoms with Crippen molar-refractivity contribution in [1.29, 1.82) is 0 Å². The lowest BCUT2D eigenvalue weighted by Gasteiger charge is -2.06. The molecule has 0 saturated carbocycles. The Balaban J connectivity index is 2.39. The van der Waals surface area contributed by atoms with Gasteiger partial charge in [-0.05, 0) is 11.6 Å². The predicted octanol–water partition coefficient (Wildman–Crippen LogP) is 1.27. The van der Waals surface area contributed by atoms with Crippen molar-refractivity contribution in [3.05, 3.63) is 23.8 Å². The van der Waals surface area contributed by atoms with Gasteiger partial charge in [-0.25, -0.2) is 4.79 Å². The maximum Gasteiger partial charge on any atom is 0.409 e. The largest absolute Gasteiger partial charge is 0.465 e. The van der Waals surface area contributed by atoms with Crippen molar-refractivity contribution in [2.24, 2.45) is 0 Å². The monoisotopic (exact) mass is 192 g/mol. The third-order valence-electron chi connectivity index (χ3n) is 2.01. The van der Waals surface area contributed by atoms with Gasteiger partial charge in [0.1, 0.15) is 0 Å². The van der Waals surface area contributed by atoms with Crippen LogP contribution in [0.5, 0.6) is 0 Å². The molecule has 14 heavy (non-hydrogen) atoms. The lowest BCUT2D eigenvalue weighted by atomic mass is 10.1. The van der Waals surface area contributed by atoms with E-state index in [0.717, 1.165) is 5.56 Å². The number of anilines is 2. The molecule has 0 atom stereocenters. The maximum atomic E-state index is 11.1. The van der Waals surface area contributed by atoms with Crippen LogP contribution >= 0.6 is 0 Å². The molecule has 72 valence electrons. The van der Waals surface area contributed by atoms with E-state index in [1.165, 1.54) is 0 Å². The Morgan fingerprint density at radius 3 is 3.00 bits per heavy atom. The third kappa shape index (κ3) is 1.39. The Bertz CT molecular complexity index is 415. The number of para-hydroxylation sites is 1. The van der Waals surface area contributed by atoms with Crippen LogP contribution in [0.2, 0.25) is 0 Å². The summed E-state index contributed by atoms with van der Waals surface area (Å²) in [7, 11) is 0. The molecule has 1 aliphatic rings. The summed E-state index contributed by atoms with van der Waals surface area (Å²) in [6, 6.07) is 5.11. The van der Waals surface area contributed by atoms with Crippen LogP contribution in [0.1, 0.15) is 5.56 Å². The van der Waals surface area contributed by atoms with E-state index in [1.807, 2.05) is 0 Å². The van der Waals surface area contributed by atoms with E-state index >= 15 is 0 Å². The zero-order valence-corrected chi connectivity index (χ0v) is 7.20. The summed E-state index contributed by atoms with van der Waals surface area (Å²) in [5.41, 5.74) is 1.81. The number of hydrogen-bond donors (Lipinski definition) is 3. The summed E-state index contributed by atoms with van der Waals surface area (Å²) in [4.78, 5) is 21.5. The molecular weight excluding hydrogens is 184 g/mol. The number of carboxylic acid groups (broad SMARTS) is 1. The summed E-state index contributed by atoms with van der Waals surface area (Å²) in [5, 5.41) is 13.4. The van der Waals surface area contributed by atoms with E-state index in [9.17, 15) is 9.59 Å². The minimum atomic E-state index is -1.14. The fourth-order valence-electron chi connectivity index (χ4n) is 1.47. The van der Waals surface area contributed by atoms with Gasteiger partial charge < -0.3 is 10.4 Å². The summed E-state index contributed by atoms with van der Waals surface area (Å²) >= 11 is 0. The van der Waals surface area contributed by atoms with Gasteiger partial charge in [-0.15, -0.1) is 0 Å². The molecule has 0 bridgehead atoms. The molecule has 5 nitrogen and oxygen atoms in total. The van der Waals surface area contributed by atoms with Gasteiger partial charge in [-0.1, -0.05) is 12.1 Å². The van der Waals surface area contributed by atoms with Gasteiger partial charge in [0, 0.05) is 0 Å². The molecule has 1 heterocycles. The Kier molecular flexibility index (Phi) is 1.85. The van der Waals surface area contributed by atoms with Crippen molar-refractivity contribution in [2.45, 2.75) is 6.42 Å². The van der Waals surface area contributed by atoms with Crippen molar-refractivity contribution in [3.63, 3.8) is 0 Å². The summed E-state index contributed by atoms with van der Waals surface area (Å²) < 4.78 is 0. The second kappa shape index (κ2) is 3.02. The molecule has 5 heteroatoms. The first-order valence-electron chi connectivity index (χ1n) is 4.08. The van der Waals surface area contributed by atoms with Crippen molar-refractivity contribution >= 4 is 23.4 Å². The van der Waals surface area contributed by atoms with Crippen LogP contribution < -0.4 is 10.6 Å². The average Bonchev–Trinajstić information content (AvgIpc) is 2.45. The predicted molar refractivity (Wildman–Crippen MR) is 50.4 cm³/mol. The van der Waals surface area contributed by atoms with Gasteiger partial charge in [0.2, 0.25) is 5.91 Å².